The third kappa shape index (κ3) is 3.05. The molecule has 0 bridgehead atoms. The number of pyridine rings is 1. The summed E-state index contributed by atoms with van der Waals surface area (Å²) in [6, 6.07) is 7.05. The molecule has 7 heteroatoms. The molecule has 1 aliphatic rings. The molecule has 1 N–H and O–H groups in total. The molecule has 0 spiro atoms. The van der Waals surface area contributed by atoms with Crippen LogP contribution >= 0.6 is 0 Å². The molecule has 130 valence electrons. The van der Waals surface area contributed by atoms with Crippen LogP contribution in [0.3, 0.4) is 0 Å². The summed E-state index contributed by atoms with van der Waals surface area (Å²) in [5, 5.41) is 0.663. The number of rotatable bonds is 4. The zero-order chi connectivity index (χ0) is 17.4. The first-order chi connectivity index (χ1) is 12.0. The van der Waals surface area contributed by atoms with Crippen molar-refractivity contribution in [2.45, 2.75) is 31.2 Å². The molecule has 0 aliphatic carbocycles. The lowest BCUT2D eigenvalue weighted by molar-refractivity contribution is 0.363. The van der Waals surface area contributed by atoms with Crippen LogP contribution in [-0.2, 0) is 23.0 Å². The van der Waals surface area contributed by atoms with Crippen LogP contribution < -0.4 is 4.72 Å². The minimum atomic E-state index is -3.58. The summed E-state index contributed by atoms with van der Waals surface area (Å²) in [5.41, 5.74) is 1.69. The van der Waals surface area contributed by atoms with E-state index in [0.29, 0.717) is 16.8 Å². The van der Waals surface area contributed by atoms with Gasteiger partial charge in [-0.2, -0.15) is 0 Å². The van der Waals surface area contributed by atoms with E-state index in [1.165, 1.54) is 0 Å². The maximum atomic E-state index is 12.8. The second-order valence-electron chi connectivity index (χ2n) is 6.53. The van der Waals surface area contributed by atoms with Gasteiger partial charge in [0.2, 0.25) is 10.0 Å². The van der Waals surface area contributed by atoms with E-state index >= 15 is 0 Å². The fourth-order valence-electron chi connectivity index (χ4n) is 3.43. The van der Waals surface area contributed by atoms with Crippen LogP contribution in [0.15, 0.2) is 47.8 Å². The normalized spacial score (nSPS) is 17.6. The minimum absolute atomic E-state index is 0.270. The summed E-state index contributed by atoms with van der Waals surface area (Å²) in [4.78, 5) is 8.92. The van der Waals surface area contributed by atoms with Crippen molar-refractivity contribution < 1.29 is 8.42 Å². The van der Waals surface area contributed by atoms with E-state index in [9.17, 15) is 8.42 Å². The summed E-state index contributed by atoms with van der Waals surface area (Å²) < 4.78 is 30.6. The molecule has 6 nitrogen and oxygen atoms in total. The number of nitrogens with zero attached hydrogens (tertiary/aromatic N) is 3. The van der Waals surface area contributed by atoms with Crippen LogP contribution in [0.2, 0.25) is 0 Å². The van der Waals surface area contributed by atoms with Gasteiger partial charge in [-0.3, -0.25) is 4.98 Å². The van der Waals surface area contributed by atoms with Gasteiger partial charge in [0.1, 0.15) is 5.82 Å². The van der Waals surface area contributed by atoms with Crippen molar-refractivity contribution in [2.75, 3.05) is 6.54 Å². The van der Waals surface area contributed by atoms with Gasteiger partial charge in [-0.25, -0.2) is 18.1 Å². The Balaban J connectivity index is 1.56. The number of benzene rings is 1. The van der Waals surface area contributed by atoms with Crippen LogP contribution in [0.25, 0.3) is 10.9 Å². The van der Waals surface area contributed by atoms with Crippen LogP contribution in [-0.4, -0.2) is 29.5 Å². The topological polar surface area (TPSA) is 76.9 Å². The highest BCUT2D eigenvalue weighted by molar-refractivity contribution is 7.89. The van der Waals surface area contributed by atoms with Crippen molar-refractivity contribution in [1.82, 2.24) is 19.3 Å². The van der Waals surface area contributed by atoms with Gasteiger partial charge in [-0.05, 0) is 43.0 Å². The Morgan fingerprint density at radius 2 is 2.12 bits per heavy atom. The van der Waals surface area contributed by atoms with E-state index in [1.807, 2.05) is 25.3 Å². The van der Waals surface area contributed by atoms with Gasteiger partial charge in [0.25, 0.3) is 0 Å². The zero-order valence-corrected chi connectivity index (χ0v) is 14.8. The lowest BCUT2D eigenvalue weighted by Crippen LogP contribution is -2.33. The van der Waals surface area contributed by atoms with Crippen molar-refractivity contribution >= 4 is 20.9 Å². The highest BCUT2D eigenvalue weighted by Gasteiger charge is 2.23. The van der Waals surface area contributed by atoms with Crippen LogP contribution in [0, 0.1) is 12.8 Å². The molecule has 1 aromatic carbocycles. The van der Waals surface area contributed by atoms with E-state index in [1.54, 1.807) is 24.5 Å². The van der Waals surface area contributed by atoms with E-state index in [0.717, 1.165) is 36.3 Å². The monoisotopic (exact) mass is 356 g/mol. The molecule has 0 fully saturated rings. The average Bonchev–Trinajstić information content (AvgIpc) is 3.08. The summed E-state index contributed by atoms with van der Waals surface area (Å²) in [6.45, 7) is 3.16. The van der Waals surface area contributed by atoms with Gasteiger partial charge in [0.15, 0.2) is 0 Å². The number of nitrogens with one attached hydrogen (secondary N) is 1. The SMILES string of the molecule is Cc1ccc(S(=O)(=O)NCC2CCc3nccn3C2)c2cccnc12. The van der Waals surface area contributed by atoms with Gasteiger partial charge in [-0.1, -0.05) is 6.07 Å². The molecule has 3 heterocycles. The predicted octanol–water partition coefficient (Wildman–Crippen LogP) is 2.28. The molecular formula is C18H20N4O2S. The van der Waals surface area contributed by atoms with Gasteiger partial charge in [-0.15, -0.1) is 0 Å². The third-order valence-corrected chi connectivity index (χ3v) is 6.30. The van der Waals surface area contributed by atoms with Gasteiger partial charge in [0, 0.05) is 43.5 Å². The number of fused-ring (bicyclic) bond motifs is 2. The number of hydrogen-bond acceptors (Lipinski definition) is 4. The van der Waals surface area contributed by atoms with E-state index in [2.05, 4.69) is 19.3 Å². The first-order valence-electron chi connectivity index (χ1n) is 8.38. The third-order valence-electron chi connectivity index (χ3n) is 4.82. The summed E-state index contributed by atoms with van der Waals surface area (Å²) in [7, 11) is -3.58. The predicted molar refractivity (Wildman–Crippen MR) is 95.7 cm³/mol. The lowest BCUT2D eigenvalue weighted by Gasteiger charge is -2.24. The van der Waals surface area contributed by atoms with Gasteiger partial charge < -0.3 is 4.57 Å². The molecule has 25 heavy (non-hydrogen) atoms. The summed E-state index contributed by atoms with van der Waals surface area (Å²) in [5.74, 6) is 1.35. The Labute approximate surface area is 147 Å². The molecule has 3 aromatic rings. The second kappa shape index (κ2) is 6.24. The highest BCUT2D eigenvalue weighted by Crippen LogP contribution is 2.25. The molecule has 1 unspecified atom stereocenters. The van der Waals surface area contributed by atoms with Crippen LogP contribution in [0.1, 0.15) is 17.8 Å². The maximum Gasteiger partial charge on any atom is 0.241 e. The molecule has 0 radical (unpaired) electrons. The molecule has 4 rings (SSSR count). The number of imidazole rings is 1. The van der Waals surface area contributed by atoms with Crippen LogP contribution in [0.4, 0.5) is 0 Å². The molecule has 0 saturated carbocycles. The molecule has 1 aliphatic heterocycles. The number of aryl methyl sites for hydroxylation is 2. The highest BCUT2D eigenvalue weighted by atomic mass is 32.2. The van der Waals surface area contributed by atoms with Crippen molar-refractivity contribution in [1.29, 1.82) is 0 Å². The van der Waals surface area contributed by atoms with Crippen molar-refractivity contribution in [3.63, 3.8) is 0 Å². The second-order valence-corrected chi connectivity index (χ2v) is 8.27. The minimum Gasteiger partial charge on any atom is -0.335 e. The van der Waals surface area contributed by atoms with Crippen molar-refractivity contribution in [3.8, 4) is 0 Å². The maximum absolute atomic E-state index is 12.8. The number of hydrogen-bond donors (Lipinski definition) is 1. The Kier molecular flexibility index (Phi) is 4.05. The number of aromatic nitrogens is 3. The molecule has 0 amide bonds. The average molecular weight is 356 g/mol. The molecular weight excluding hydrogens is 336 g/mol. The first-order valence-corrected chi connectivity index (χ1v) is 9.87. The summed E-state index contributed by atoms with van der Waals surface area (Å²) in [6.07, 6.45) is 7.26. The van der Waals surface area contributed by atoms with Crippen molar-refractivity contribution in [3.05, 3.63) is 54.2 Å². The fourth-order valence-corrected chi connectivity index (χ4v) is 4.74. The Morgan fingerprint density at radius 3 is 3.00 bits per heavy atom. The Bertz CT molecular complexity index is 1030. The molecule has 0 saturated heterocycles. The van der Waals surface area contributed by atoms with Gasteiger partial charge in [0.05, 0.1) is 10.4 Å². The standard InChI is InChI=1S/C18H20N4O2S/c1-13-4-6-16(15-3-2-8-20-18(13)15)25(23,24)21-11-14-5-7-17-19-9-10-22(17)12-14/h2-4,6,8-10,14,21H,5,7,11-12H2,1H3. The summed E-state index contributed by atoms with van der Waals surface area (Å²) >= 11 is 0. The van der Waals surface area contributed by atoms with Crippen LogP contribution in [0.5, 0.6) is 0 Å². The Morgan fingerprint density at radius 1 is 1.24 bits per heavy atom. The number of sulfonamides is 1. The molecule has 1 atom stereocenters. The zero-order valence-electron chi connectivity index (χ0n) is 14.0. The fraction of sp³-hybridized carbons (Fsp3) is 0.333. The Hall–Kier alpha value is -2.25. The quantitative estimate of drug-likeness (QED) is 0.778. The van der Waals surface area contributed by atoms with Crippen molar-refractivity contribution in [2.24, 2.45) is 5.92 Å². The van der Waals surface area contributed by atoms with Gasteiger partial charge >= 0.3 is 0 Å². The lowest BCUT2D eigenvalue weighted by atomic mass is 10.00. The van der Waals surface area contributed by atoms with E-state index in [-0.39, 0.29) is 5.92 Å². The molecule has 2 aromatic heterocycles. The first kappa shape index (κ1) is 16.2. The largest absolute Gasteiger partial charge is 0.335 e. The van der Waals surface area contributed by atoms with E-state index in [4.69, 9.17) is 0 Å². The van der Waals surface area contributed by atoms with E-state index < -0.39 is 10.0 Å². The smallest absolute Gasteiger partial charge is 0.241 e.